The van der Waals surface area contributed by atoms with Crippen LogP contribution in [0.15, 0.2) is 81.4 Å². The third-order valence-corrected chi connectivity index (χ3v) is 8.48. The van der Waals surface area contributed by atoms with Crippen LogP contribution in [0.5, 0.6) is 0 Å². The van der Waals surface area contributed by atoms with Gasteiger partial charge < -0.3 is 14.2 Å². The fourth-order valence-corrected chi connectivity index (χ4v) is 5.53. The molecule has 214 valence electrons. The molecule has 0 saturated carbocycles. The Morgan fingerprint density at radius 3 is 2.45 bits per heavy atom. The number of halogens is 2. The van der Waals surface area contributed by atoms with Gasteiger partial charge in [-0.2, -0.15) is 0 Å². The second kappa shape index (κ2) is 10.3. The van der Waals surface area contributed by atoms with Crippen molar-refractivity contribution < 1.29 is 30.8 Å². The fraction of sp³-hybridized carbons (Fsp3) is 0.161. The highest BCUT2D eigenvalue weighted by atomic mass is 32.2. The van der Waals surface area contributed by atoms with Crippen molar-refractivity contribution in [2.75, 3.05) is 24.7 Å². The van der Waals surface area contributed by atoms with Crippen LogP contribution >= 0.6 is 0 Å². The zero-order chi connectivity index (χ0) is 29.8. The van der Waals surface area contributed by atoms with E-state index in [0.717, 1.165) is 10.6 Å². The van der Waals surface area contributed by atoms with Gasteiger partial charge in [-0.25, -0.2) is 22.2 Å². The fourth-order valence-electron chi connectivity index (χ4n) is 5.02. The van der Waals surface area contributed by atoms with Gasteiger partial charge in [0, 0.05) is 37.5 Å². The van der Waals surface area contributed by atoms with Gasteiger partial charge >= 0.3 is 0 Å². The number of allylic oxidation sites excluding steroid dienone is 4. The normalized spacial score (nSPS) is 13.7. The summed E-state index contributed by atoms with van der Waals surface area (Å²) in [5, 5.41) is 3.04. The second-order valence-electron chi connectivity index (χ2n) is 9.97. The Hall–Kier alpha value is -4.77. The maximum atomic E-state index is 15.1. The van der Waals surface area contributed by atoms with Gasteiger partial charge in [0.2, 0.25) is 15.9 Å². The molecule has 0 fully saturated rings. The summed E-state index contributed by atoms with van der Waals surface area (Å²) < 4.78 is 67.3. The van der Waals surface area contributed by atoms with Crippen molar-refractivity contribution in [1.82, 2.24) is 10.3 Å². The highest BCUT2D eigenvalue weighted by Crippen LogP contribution is 2.42. The molecule has 3 aromatic carbocycles. The molecule has 5 aromatic rings. The number of hydrogen-bond donors (Lipinski definition) is 1. The average molecular weight is 590 g/mol. The molecule has 1 aliphatic rings. The van der Waals surface area contributed by atoms with E-state index < -0.39 is 21.7 Å². The minimum atomic E-state index is -3.75. The lowest BCUT2D eigenvalue weighted by atomic mass is 9.95. The third kappa shape index (κ3) is 4.75. The molecule has 0 bridgehead atoms. The number of hydrogen-bond acceptors (Lipinski definition) is 6. The van der Waals surface area contributed by atoms with E-state index in [1.807, 2.05) is 0 Å². The van der Waals surface area contributed by atoms with Crippen LogP contribution in [-0.2, 0) is 10.0 Å². The Morgan fingerprint density at radius 2 is 1.76 bits per heavy atom. The van der Waals surface area contributed by atoms with Crippen LogP contribution in [0.3, 0.4) is 0 Å². The molecule has 2 heterocycles. The number of oxazole rings is 1. The third-order valence-electron chi connectivity index (χ3n) is 7.29. The maximum Gasteiger partial charge on any atom is 0.255 e. The van der Waals surface area contributed by atoms with E-state index in [0.29, 0.717) is 39.6 Å². The molecule has 0 spiro atoms. The van der Waals surface area contributed by atoms with Crippen molar-refractivity contribution in [1.29, 1.82) is 0 Å². The quantitative estimate of drug-likeness (QED) is 0.233. The number of nitrogens with zero attached hydrogens (tertiary/aromatic N) is 2. The number of anilines is 1. The molecule has 8 nitrogen and oxygen atoms in total. The van der Waals surface area contributed by atoms with E-state index in [9.17, 15) is 17.6 Å². The number of sulfonamides is 1. The summed E-state index contributed by atoms with van der Waals surface area (Å²) in [4.78, 5) is 17.6. The standard InChI is InChI=1S/C31H25F2N3O5S/c1-34-30(37)28-22-15-20(18-10-13-23(33)21(14-18)31-35-24-6-4-5-7-26(24)41-31)25(36(2)42(3,38)39)16-27(22)40-29(28)17-8-11-19(32)12-9-17/h4-8,10-11,13-16H,9,12H2,1-3H3,(H,34,37). The molecule has 0 radical (unpaired) electrons. The number of benzene rings is 3. The van der Waals surface area contributed by atoms with Crippen LogP contribution in [-0.4, -0.2) is 39.7 Å². The summed E-state index contributed by atoms with van der Waals surface area (Å²) >= 11 is 0. The summed E-state index contributed by atoms with van der Waals surface area (Å²) in [6.07, 6.45) is 4.45. The van der Waals surface area contributed by atoms with Crippen molar-refractivity contribution in [2.24, 2.45) is 0 Å². The van der Waals surface area contributed by atoms with Gasteiger partial charge in [0.15, 0.2) is 5.58 Å². The molecule has 6 rings (SSSR count). The van der Waals surface area contributed by atoms with Gasteiger partial charge in [0.05, 0.1) is 23.1 Å². The van der Waals surface area contributed by atoms with Crippen molar-refractivity contribution in [2.45, 2.75) is 12.8 Å². The van der Waals surface area contributed by atoms with E-state index >= 15 is 4.39 Å². The number of para-hydroxylation sites is 2. The molecule has 0 unspecified atom stereocenters. The molecule has 0 saturated heterocycles. The topological polar surface area (TPSA) is 106 Å². The van der Waals surface area contributed by atoms with Gasteiger partial charge in [-0.15, -0.1) is 0 Å². The van der Waals surface area contributed by atoms with Gasteiger partial charge in [0.1, 0.15) is 28.5 Å². The molecule has 42 heavy (non-hydrogen) atoms. The van der Waals surface area contributed by atoms with Gasteiger partial charge in [-0.1, -0.05) is 24.3 Å². The first kappa shape index (κ1) is 27.4. The molecule has 0 atom stereocenters. The molecule has 2 aromatic heterocycles. The molecule has 1 N–H and O–H groups in total. The zero-order valence-corrected chi connectivity index (χ0v) is 23.7. The van der Waals surface area contributed by atoms with Gasteiger partial charge in [-0.05, 0) is 54.0 Å². The SMILES string of the molecule is CNC(=O)c1c(C2=CC=C(F)CC2)oc2cc(N(C)S(C)(=O)=O)c(-c3ccc(F)c(-c4nc5ccccc5o4)c3)cc12. The minimum Gasteiger partial charge on any atom is -0.455 e. The zero-order valence-electron chi connectivity index (χ0n) is 22.9. The lowest BCUT2D eigenvalue weighted by Crippen LogP contribution is -2.25. The number of aromatic nitrogens is 1. The van der Waals surface area contributed by atoms with E-state index in [1.165, 1.54) is 44.4 Å². The van der Waals surface area contributed by atoms with Crippen molar-refractivity contribution in [3.8, 4) is 22.6 Å². The smallest absolute Gasteiger partial charge is 0.255 e. The molecule has 1 aliphatic carbocycles. The number of rotatable bonds is 6. The molecular formula is C31H25F2N3O5S. The van der Waals surface area contributed by atoms with Gasteiger partial charge in [0.25, 0.3) is 5.91 Å². The van der Waals surface area contributed by atoms with Crippen LogP contribution in [0.25, 0.3) is 50.2 Å². The highest BCUT2D eigenvalue weighted by Gasteiger charge is 2.27. The monoisotopic (exact) mass is 589 g/mol. The van der Waals surface area contributed by atoms with Crippen molar-refractivity contribution in [3.05, 3.63) is 89.7 Å². The van der Waals surface area contributed by atoms with Crippen LogP contribution in [0.1, 0.15) is 29.0 Å². The molecular weight excluding hydrogens is 564 g/mol. The lowest BCUT2D eigenvalue weighted by molar-refractivity contribution is 0.0963. The summed E-state index contributed by atoms with van der Waals surface area (Å²) in [5.74, 6) is -0.950. The number of nitrogens with one attached hydrogen (secondary N) is 1. The van der Waals surface area contributed by atoms with Crippen LogP contribution < -0.4 is 9.62 Å². The highest BCUT2D eigenvalue weighted by molar-refractivity contribution is 7.92. The Balaban J connectivity index is 1.61. The molecule has 11 heteroatoms. The maximum absolute atomic E-state index is 15.1. The summed E-state index contributed by atoms with van der Waals surface area (Å²) in [7, 11) is -0.867. The van der Waals surface area contributed by atoms with E-state index in [-0.39, 0.29) is 46.3 Å². The van der Waals surface area contributed by atoms with E-state index in [1.54, 1.807) is 36.4 Å². The van der Waals surface area contributed by atoms with Crippen molar-refractivity contribution in [3.63, 3.8) is 0 Å². The number of carbonyl (C=O) groups is 1. The number of furan rings is 1. The van der Waals surface area contributed by atoms with Crippen molar-refractivity contribution >= 4 is 49.3 Å². The Bertz CT molecular complexity index is 2040. The lowest BCUT2D eigenvalue weighted by Gasteiger charge is -2.21. The first-order valence-electron chi connectivity index (χ1n) is 13.0. The Kier molecular flexibility index (Phi) is 6.69. The summed E-state index contributed by atoms with van der Waals surface area (Å²) in [5.41, 5.74) is 3.34. The predicted molar refractivity (Wildman–Crippen MR) is 158 cm³/mol. The number of amides is 1. The Morgan fingerprint density at radius 1 is 0.976 bits per heavy atom. The molecule has 0 aliphatic heterocycles. The van der Waals surface area contributed by atoms with Crippen LogP contribution in [0, 0.1) is 5.82 Å². The first-order chi connectivity index (χ1) is 20.0. The van der Waals surface area contributed by atoms with Crippen LogP contribution in [0.2, 0.25) is 0 Å². The van der Waals surface area contributed by atoms with Crippen LogP contribution in [0.4, 0.5) is 14.5 Å². The summed E-state index contributed by atoms with van der Waals surface area (Å²) in [6.45, 7) is 0. The van der Waals surface area contributed by atoms with Gasteiger partial charge in [-0.3, -0.25) is 9.10 Å². The molecule has 1 amide bonds. The average Bonchev–Trinajstić information content (AvgIpc) is 3.57. The number of fused-ring (bicyclic) bond motifs is 2. The first-order valence-corrected chi connectivity index (χ1v) is 14.9. The minimum absolute atomic E-state index is 0.0656. The summed E-state index contributed by atoms with van der Waals surface area (Å²) in [6, 6.07) is 14.5. The van der Waals surface area contributed by atoms with E-state index in [4.69, 9.17) is 8.83 Å². The number of carbonyl (C=O) groups excluding carboxylic acids is 1. The van der Waals surface area contributed by atoms with E-state index in [2.05, 4.69) is 10.3 Å². The Labute approximate surface area is 240 Å². The largest absolute Gasteiger partial charge is 0.455 e. The second-order valence-corrected chi connectivity index (χ2v) is 12.0. The predicted octanol–water partition coefficient (Wildman–Crippen LogP) is 6.83.